The van der Waals surface area contributed by atoms with E-state index in [1.807, 2.05) is 6.08 Å². The van der Waals surface area contributed by atoms with Gasteiger partial charge in [0, 0.05) is 19.3 Å². The van der Waals surface area contributed by atoms with Gasteiger partial charge in [0.1, 0.15) is 12.4 Å². The molecule has 6 heteroatoms. The summed E-state index contributed by atoms with van der Waals surface area (Å²) < 4.78 is 18.3. The molecule has 1 aliphatic heterocycles. The molecule has 1 N–H and O–H groups in total. The average molecular weight is 418 g/mol. The van der Waals surface area contributed by atoms with Gasteiger partial charge in [-0.15, -0.1) is 0 Å². The fourth-order valence-corrected chi connectivity index (χ4v) is 4.38. The minimum atomic E-state index is -0.707. The van der Waals surface area contributed by atoms with Crippen LogP contribution in [-0.4, -0.2) is 47.2 Å². The van der Waals surface area contributed by atoms with Crippen LogP contribution in [0.2, 0.25) is 0 Å². The van der Waals surface area contributed by atoms with Gasteiger partial charge in [-0.3, -0.25) is 9.59 Å². The lowest BCUT2D eigenvalue weighted by molar-refractivity contribution is -0.145. The summed E-state index contributed by atoms with van der Waals surface area (Å²) in [6, 6.07) is 5.95. The lowest BCUT2D eigenvalue weighted by atomic mass is 10.0. The molecule has 5 nitrogen and oxygen atoms in total. The number of halogens is 1. The van der Waals surface area contributed by atoms with Crippen molar-refractivity contribution in [3.63, 3.8) is 0 Å². The number of aliphatic hydroxyl groups is 1. The van der Waals surface area contributed by atoms with Crippen LogP contribution in [0.25, 0.3) is 0 Å². The number of likely N-dealkylation sites (tertiary alicyclic amines) is 1. The van der Waals surface area contributed by atoms with E-state index in [0.717, 1.165) is 12.0 Å². The molecule has 0 unspecified atom stereocenters. The van der Waals surface area contributed by atoms with E-state index >= 15 is 0 Å². The third kappa shape index (κ3) is 6.94. The predicted octanol–water partition coefficient (Wildman–Crippen LogP) is 3.79. The second-order valence-corrected chi connectivity index (χ2v) is 8.39. The number of carbonyl (C=O) groups excluding carboxylic acids is 2. The number of amides is 1. The average Bonchev–Trinajstić information content (AvgIpc) is 3.37. The normalized spacial score (nSPS) is 20.9. The second-order valence-electron chi connectivity index (χ2n) is 8.39. The van der Waals surface area contributed by atoms with Crippen molar-refractivity contribution in [1.29, 1.82) is 0 Å². The Morgan fingerprint density at radius 1 is 1.23 bits per heavy atom. The molecule has 30 heavy (non-hydrogen) atoms. The number of nitrogens with zero attached hydrogens (tertiary/aromatic N) is 1. The standard InChI is InChI=1S/C24H32FNO4/c25-20-8-5-19(6-9-20)17-22(27)12-10-21-11-13-23(28)26(21)15-16-30-24(29)14-7-18-3-1-2-4-18/h5-6,8-10,12,18,21-22,27H,1-4,7,11,13-17H2/b12-10+/t21-,22+/m0/s1. The molecule has 3 rings (SSSR count). The minimum absolute atomic E-state index is 0.0414. The maximum absolute atomic E-state index is 13.0. The molecule has 2 aliphatic rings. The van der Waals surface area contributed by atoms with Gasteiger partial charge in [-0.1, -0.05) is 50.0 Å². The Kier molecular flexibility index (Phi) is 8.43. The zero-order valence-electron chi connectivity index (χ0n) is 17.5. The van der Waals surface area contributed by atoms with E-state index in [9.17, 15) is 19.1 Å². The van der Waals surface area contributed by atoms with E-state index < -0.39 is 6.10 Å². The van der Waals surface area contributed by atoms with Gasteiger partial charge in [-0.25, -0.2) is 4.39 Å². The molecule has 1 saturated heterocycles. The molecule has 1 aliphatic carbocycles. The van der Waals surface area contributed by atoms with Crippen LogP contribution in [0.5, 0.6) is 0 Å². The highest BCUT2D eigenvalue weighted by molar-refractivity contribution is 5.79. The number of hydrogen-bond donors (Lipinski definition) is 1. The maximum atomic E-state index is 13.0. The first-order valence-corrected chi connectivity index (χ1v) is 11.1. The van der Waals surface area contributed by atoms with Crippen molar-refractivity contribution in [2.45, 2.75) is 69.9 Å². The van der Waals surface area contributed by atoms with Crippen molar-refractivity contribution in [2.75, 3.05) is 13.2 Å². The largest absolute Gasteiger partial charge is 0.464 e. The first kappa shape index (κ1) is 22.5. The topological polar surface area (TPSA) is 66.8 Å². The van der Waals surface area contributed by atoms with Gasteiger partial charge in [-0.05, 0) is 36.5 Å². The Hall–Kier alpha value is -2.21. The number of carbonyl (C=O) groups is 2. The van der Waals surface area contributed by atoms with E-state index in [1.165, 1.54) is 37.8 Å². The molecule has 0 bridgehead atoms. The molecule has 1 aromatic carbocycles. The van der Waals surface area contributed by atoms with E-state index in [1.54, 1.807) is 23.1 Å². The highest BCUT2D eigenvalue weighted by atomic mass is 19.1. The van der Waals surface area contributed by atoms with E-state index in [2.05, 4.69) is 0 Å². The Balaban J connectivity index is 1.40. The summed E-state index contributed by atoms with van der Waals surface area (Å²) in [5, 5.41) is 10.2. The monoisotopic (exact) mass is 417 g/mol. The van der Waals surface area contributed by atoms with Gasteiger partial charge in [0.15, 0.2) is 0 Å². The Morgan fingerprint density at radius 3 is 2.70 bits per heavy atom. The van der Waals surface area contributed by atoms with Crippen molar-refractivity contribution >= 4 is 11.9 Å². The first-order chi connectivity index (χ1) is 14.5. The van der Waals surface area contributed by atoms with Crippen LogP contribution in [0.1, 0.15) is 56.9 Å². The highest BCUT2D eigenvalue weighted by Crippen LogP contribution is 2.28. The molecule has 1 amide bonds. The molecule has 0 aromatic heterocycles. The van der Waals surface area contributed by atoms with Crippen molar-refractivity contribution in [2.24, 2.45) is 5.92 Å². The van der Waals surface area contributed by atoms with Gasteiger partial charge >= 0.3 is 5.97 Å². The van der Waals surface area contributed by atoms with E-state index in [-0.39, 0.29) is 30.3 Å². The molecule has 1 aromatic rings. The summed E-state index contributed by atoms with van der Waals surface area (Å²) in [6.07, 6.45) is 10.7. The lowest BCUT2D eigenvalue weighted by Gasteiger charge is -2.22. The number of esters is 1. The van der Waals surface area contributed by atoms with Crippen LogP contribution < -0.4 is 0 Å². The number of rotatable bonds is 10. The second kappa shape index (κ2) is 11.3. The summed E-state index contributed by atoms with van der Waals surface area (Å²) in [6.45, 7) is 0.578. The summed E-state index contributed by atoms with van der Waals surface area (Å²) in [4.78, 5) is 25.8. The van der Waals surface area contributed by atoms with Gasteiger partial charge in [0.25, 0.3) is 0 Å². The van der Waals surface area contributed by atoms with Gasteiger partial charge < -0.3 is 14.7 Å². The van der Waals surface area contributed by atoms with E-state index in [4.69, 9.17) is 4.74 Å². The SMILES string of the molecule is O=C(CCC1CCCC1)OCCN1C(=O)CC[C@@H]1/C=C/[C@@H](O)Cc1ccc(F)cc1. The van der Waals surface area contributed by atoms with Crippen LogP contribution >= 0.6 is 0 Å². The molecule has 0 radical (unpaired) electrons. The van der Waals surface area contributed by atoms with Crippen LogP contribution in [0.15, 0.2) is 36.4 Å². The molecule has 1 saturated carbocycles. The molecular formula is C24H32FNO4. The molecule has 164 valence electrons. The lowest BCUT2D eigenvalue weighted by Crippen LogP contribution is -2.35. The Morgan fingerprint density at radius 2 is 1.97 bits per heavy atom. The van der Waals surface area contributed by atoms with Gasteiger partial charge in [-0.2, -0.15) is 0 Å². The molecule has 0 spiro atoms. The van der Waals surface area contributed by atoms with Crippen molar-refractivity contribution in [3.8, 4) is 0 Å². The maximum Gasteiger partial charge on any atom is 0.305 e. The number of ether oxygens (including phenoxy) is 1. The van der Waals surface area contributed by atoms with Crippen molar-refractivity contribution in [1.82, 2.24) is 4.90 Å². The minimum Gasteiger partial charge on any atom is -0.464 e. The Labute approximate surface area is 177 Å². The van der Waals surface area contributed by atoms with Crippen LogP contribution in [0.4, 0.5) is 4.39 Å². The fraction of sp³-hybridized carbons (Fsp3) is 0.583. The molecular weight excluding hydrogens is 385 g/mol. The summed E-state index contributed by atoms with van der Waals surface area (Å²) >= 11 is 0. The zero-order chi connectivity index (χ0) is 21.3. The number of aliphatic hydroxyl groups excluding tert-OH is 1. The Bertz CT molecular complexity index is 727. The van der Waals surface area contributed by atoms with Gasteiger partial charge in [0.05, 0.1) is 18.7 Å². The quantitative estimate of drug-likeness (QED) is 0.465. The smallest absolute Gasteiger partial charge is 0.305 e. The molecule has 2 atom stereocenters. The molecule has 1 heterocycles. The molecule has 2 fully saturated rings. The number of benzene rings is 1. The number of hydrogen-bond acceptors (Lipinski definition) is 4. The van der Waals surface area contributed by atoms with Crippen LogP contribution in [0, 0.1) is 11.7 Å². The van der Waals surface area contributed by atoms with E-state index in [0.29, 0.717) is 38.1 Å². The summed E-state index contributed by atoms with van der Waals surface area (Å²) in [5.41, 5.74) is 0.845. The van der Waals surface area contributed by atoms with Gasteiger partial charge in [0.2, 0.25) is 5.91 Å². The third-order valence-electron chi connectivity index (χ3n) is 6.11. The third-order valence-corrected chi connectivity index (χ3v) is 6.11. The van der Waals surface area contributed by atoms with Crippen molar-refractivity contribution < 1.29 is 23.8 Å². The summed E-state index contributed by atoms with van der Waals surface area (Å²) in [7, 11) is 0. The van der Waals surface area contributed by atoms with Crippen molar-refractivity contribution in [3.05, 3.63) is 47.8 Å². The zero-order valence-corrected chi connectivity index (χ0v) is 17.5. The van der Waals surface area contributed by atoms with Crippen LogP contribution in [0.3, 0.4) is 0 Å². The van der Waals surface area contributed by atoms with Crippen LogP contribution in [-0.2, 0) is 20.7 Å². The highest BCUT2D eigenvalue weighted by Gasteiger charge is 2.29. The first-order valence-electron chi connectivity index (χ1n) is 11.1. The fourth-order valence-electron chi connectivity index (χ4n) is 4.38. The predicted molar refractivity (Wildman–Crippen MR) is 112 cm³/mol. The summed E-state index contributed by atoms with van der Waals surface area (Å²) in [5.74, 6) is 0.215.